The van der Waals surface area contributed by atoms with E-state index >= 15 is 0 Å². The highest BCUT2D eigenvalue weighted by molar-refractivity contribution is 5.94. The van der Waals surface area contributed by atoms with Crippen molar-refractivity contribution in [3.05, 3.63) is 66.0 Å². The van der Waals surface area contributed by atoms with Crippen LogP contribution >= 0.6 is 0 Å². The molecule has 0 atom stereocenters. The van der Waals surface area contributed by atoms with Crippen molar-refractivity contribution >= 4 is 17.4 Å². The van der Waals surface area contributed by atoms with E-state index < -0.39 is 11.6 Å². The normalized spacial score (nSPS) is 14.4. The van der Waals surface area contributed by atoms with E-state index in [9.17, 15) is 9.59 Å². The Balaban J connectivity index is 1.65. The molecule has 1 aliphatic heterocycles. The summed E-state index contributed by atoms with van der Waals surface area (Å²) in [5.74, 6) is -0.495. The van der Waals surface area contributed by atoms with Crippen molar-refractivity contribution in [2.75, 3.05) is 13.1 Å². The lowest BCUT2D eigenvalue weighted by atomic mass is 9.99. The molecule has 1 aliphatic rings. The van der Waals surface area contributed by atoms with Crippen molar-refractivity contribution in [1.29, 1.82) is 0 Å². The topological polar surface area (TPSA) is 79.7 Å². The maximum Gasteiger partial charge on any atom is 0.347 e. The molecular formula is C21H22N2O4. The summed E-state index contributed by atoms with van der Waals surface area (Å²) in [6.45, 7) is 4.24. The molecule has 0 aliphatic carbocycles. The summed E-state index contributed by atoms with van der Waals surface area (Å²) in [5.41, 5.74) is 1.58. The van der Waals surface area contributed by atoms with Gasteiger partial charge in [-0.25, -0.2) is 4.79 Å². The number of amides is 1. The van der Waals surface area contributed by atoms with Gasteiger partial charge >= 0.3 is 5.97 Å². The molecule has 1 amide bonds. The first-order valence-electron chi connectivity index (χ1n) is 8.78. The van der Waals surface area contributed by atoms with Crippen molar-refractivity contribution in [2.24, 2.45) is 0 Å². The molecule has 2 heterocycles. The number of carboxylic acid groups (broad SMARTS) is 1. The Bertz CT molecular complexity index is 858. The predicted molar refractivity (Wildman–Crippen MR) is 102 cm³/mol. The average molecular weight is 366 g/mol. The van der Waals surface area contributed by atoms with Crippen LogP contribution in [-0.4, -0.2) is 45.6 Å². The van der Waals surface area contributed by atoms with E-state index in [1.807, 2.05) is 17.0 Å². The molecule has 0 unspecified atom stereocenters. The molecule has 0 bridgehead atoms. The number of hydrogen-bond donors (Lipinski definition) is 1. The van der Waals surface area contributed by atoms with E-state index in [0.29, 0.717) is 24.4 Å². The van der Waals surface area contributed by atoms with Gasteiger partial charge in [-0.3, -0.25) is 9.78 Å². The smallest absolute Gasteiger partial charge is 0.347 e. The van der Waals surface area contributed by atoms with Crippen LogP contribution in [0.1, 0.15) is 36.2 Å². The average Bonchev–Trinajstić information content (AvgIpc) is 2.68. The number of aromatic nitrogens is 1. The predicted octanol–water partition coefficient (Wildman–Crippen LogP) is 3.25. The Morgan fingerprint density at radius 3 is 2.33 bits per heavy atom. The van der Waals surface area contributed by atoms with Crippen LogP contribution in [0.15, 0.2) is 54.9 Å². The van der Waals surface area contributed by atoms with Crippen LogP contribution < -0.4 is 4.74 Å². The SMILES string of the molecule is CC(C)(Oc1ccc(C2=CCN(C(=O)c3ccncc3)CC2)cc1)C(=O)O. The Morgan fingerprint density at radius 2 is 1.78 bits per heavy atom. The molecule has 140 valence electrons. The van der Waals surface area contributed by atoms with Gasteiger partial charge in [-0.1, -0.05) is 18.2 Å². The summed E-state index contributed by atoms with van der Waals surface area (Å²) in [7, 11) is 0. The molecule has 6 heteroatoms. The number of aliphatic carboxylic acids is 1. The van der Waals surface area contributed by atoms with Crippen LogP contribution in [0.4, 0.5) is 0 Å². The first-order chi connectivity index (χ1) is 12.9. The van der Waals surface area contributed by atoms with Crippen LogP contribution in [0.3, 0.4) is 0 Å². The molecule has 1 aromatic heterocycles. The molecule has 1 aromatic carbocycles. The largest absolute Gasteiger partial charge is 0.478 e. The summed E-state index contributed by atoms with van der Waals surface area (Å²) in [6.07, 6.45) is 6.05. The Kier molecular flexibility index (Phi) is 5.26. The number of benzene rings is 1. The zero-order chi connectivity index (χ0) is 19.4. The van der Waals surface area contributed by atoms with Crippen LogP contribution in [0.5, 0.6) is 5.75 Å². The lowest BCUT2D eigenvalue weighted by Gasteiger charge is -2.27. The minimum Gasteiger partial charge on any atom is -0.478 e. The molecule has 0 saturated carbocycles. The maximum atomic E-state index is 12.5. The Labute approximate surface area is 158 Å². The molecule has 0 fully saturated rings. The van der Waals surface area contributed by atoms with Crippen molar-refractivity contribution < 1.29 is 19.4 Å². The highest BCUT2D eigenvalue weighted by Gasteiger charge is 2.29. The zero-order valence-electron chi connectivity index (χ0n) is 15.4. The van der Waals surface area contributed by atoms with Crippen molar-refractivity contribution in [3.63, 3.8) is 0 Å². The number of rotatable bonds is 5. The van der Waals surface area contributed by atoms with Gasteiger partial charge in [0.25, 0.3) is 5.91 Å². The minimum absolute atomic E-state index is 0.00681. The van der Waals surface area contributed by atoms with E-state index in [0.717, 1.165) is 17.6 Å². The van der Waals surface area contributed by atoms with Crippen molar-refractivity contribution in [2.45, 2.75) is 25.9 Å². The fraction of sp³-hybridized carbons (Fsp3) is 0.286. The van der Waals surface area contributed by atoms with Crippen molar-refractivity contribution in [3.8, 4) is 5.75 Å². The van der Waals surface area contributed by atoms with Gasteiger partial charge in [0.15, 0.2) is 5.60 Å². The van der Waals surface area contributed by atoms with Gasteiger partial charge in [0.1, 0.15) is 5.75 Å². The zero-order valence-corrected chi connectivity index (χ0v) is 15.4. The second-order valence-electron chi connectivity index (χ2n) is 6.91. The highest BCUT2D eigenvalue weighted by atomic mass is 16.5. The summed E-state index contributed by atoms with van der Waals surface area (Å²) in [6, 6.07) is 10.8. The number of carbonyl (C=O) groups is 2. The third kappa shape index (κ3) is 4.34. The molecule has 27 heavy (non-hydrogen) atoms. The van der Waals surface area contributed by atoms with Gasteiger partial charge in [-0.15, -0.1) is 0 Å². The third-order valence-corrected chi connectivity index (χ3v) is 4.54. The summed E-state index contributed by atoms with van der Waals surface area (Å²) in [4.78, 5) is 29.4. The molecule has 1 N–H and O–H groups in total. The van der Waals surface area contributed by atoms with E-state index in [-0.39, 0.29) is 5.91 Å². The highest BCUT2D eigenvalue weighted by Crippen LogP contribution is 2.26. The van der Waals surface area contributed by atoms with Crippen LogP contribution in [0.2, 0.25) is 0 Å². The van der Waals surface area contributed by atoms with Gasteiger partial charge in [0.2, 0.25) is 0 Å². The lowest BCUT2D eigenvalue weighted by Crippen LogP contribution is -2.37. The number of carbonyl (C=O) groups excluding carboxylic acids is 1. The number of nitrogens with zero attached hydrogens (tertiary/aromatic N) is 2. The quantitative estimate of drug-likeness (QED) is 0.879. The third-order valence-electron chi connectivity index (χ3n) is 4.54. The van der Waals surface area contributed by atoms with Gasteiger partial charge in [-0.05, 0) is 55.7 Å². The van der Waals surface area contributed by atoms with Gasteiger partial charge < -0.3 is 14.7 Å². The van der Waals surface area contributed by atoms with Crippen molar-refractivity contribution in [1.82, 2.24) is 9.88 Å². The lowest BCUT2D eigenvalue weighted by molar-refractivity contribution is -0.152. The van der Waals surface area contributed by atoms with Crippen LogP contribution in [-0.2, 0) is 4.79 Å². The number of carboxylic acids is 1. The Morgan fingerprint density at radius 1 is 1.11 bits per heavy atom. The van der Waals surface area contributed by atoms with Gasteiger partial charge in [0.05, 0.1) is 0 Å². The second-order valence-corrected chi connectivity index (χ2v) is 6.91. The maximum absolute atomic E-state index is 12.5. The van der Waals surface area contributed by atoms with E-state index in [1.54, 1.807) is 36.7 Å². The Hall–Kier alpha value is -3.15. The fourth-order valence-electron chi connectivity index (χ4n) is 2.87. The monoisotopic (exact) mass is 366 g/mol. The van der Waals surface area contributed by atoms with Gasteiger partial charge in [-0.2, -0.15) is 0 Å². The van der Waals surface area contributed by atoms with Crippen LogP contribution in [0.25, 0.3) is 5.57 Å². The second kappa shape index (κ2) is 7.61. The molecule has 2 aromatic rings. The standard InChI is InChI=1S/C21H22N2O4/c1-21(2,20(25)26)27-18-5-3-15(4-6-18)16-9-13-23(14-10-16)19(24)17-7-11-22-12-8-17/h3-9,11-12H,10,13-14H2,1-2H3,(H,25,26). The first-order valence-corrected chi connectivity index (χ1v) is 8.78. The number of ether oxygens (including phenoxy) is 1. The number of hydrogen-bond acceptors (Lipinski definition) is 4. The minimum atomic E-state index is -1.28. The molecular weight excluding hydrogens is 344 g/mol. The molecule has 0 saturated heterocycles. The summed E-state index contributed by atoms with van der Waals surface area (Å²) >= 11 is 0. The number of pyridine rings is 1. The van der Waals surface area contributed by atoms with E-state index in [4.69, 9.17) is 9.84 Å². The molecule has 0 radical (unpaired) electrons. The summed E-state index contributed by atoms with van der Waals surface area (Å²) < 4.78 is 5.53. The first kappa shape index (κ1) is 18.6. The van der Waals surface area contributed by atoms with E-state index in [2.05, 4.69) is 11.1 Å². The van der Waals surface area contributed by atoms with Gasteiger partial charge in [0, 0.05) is 31.0 Å². The molecule has 0 spiro atoms. The molecule has 6 nitrogen and oxygen atoms in total. The molecule has 3 rings (SSSR count). The van der Waals surface area contributed by atoms with E-state index in [1.165, 1.54) is 13.8 Å². The van der Waals surface area contributed by atoms with Crippen LogP contribution in [0, 0.1) is 0 Å². The fourth-order valence-corrected chi connectivity index (χ4v) is 2.87. The summed E-state index contributed by atoms with van der Waals surface area (Å²) in [5, 5.41) is 9.14.